The number of anilines is 2. The molecule has 6 nitrogen and oxygen atoms in total. The van der Waals surface area contributed by atoms with E-state index in [0.717, 1.165) is 12.8 Å². The van der Waals surface area contributed by atoms with Crippen LogP contribution in [0, 0.1) is 6.92 Å². The Labute approximate surface area is 95.4 Å². The van der Waals surface area contributed by atoms with Crippen LogP contribution in [-0.2, 0) is 0 Å². The van der Waals surface area contributed by atoms with Crippen LogP contribution in [0.2, 0.25) is 0 Å². The molecule has 3 N–H and O–H groups in total. The highest BCUT2D eigenvalue weighted by Crippen LogP contribution is 2.01. The quantitative estimate of drug-likeness (QED) is 0.434. The third kappa shape index (κ3) is 4.68. The molecule has 0 saturated heterocycles. The minimum absolute atomic E-state index is 0.205. The molecule has 1 aromatic heterocycles. The van der Waals surface area contributed by atoms with Crippen molar-refractivity contribution in [2.24, 2.45) is 5.10 Å². The SMILES string of the molecule is CCCCCC=NNc1nc(C)nc(N)n1. The van der Waals surface area contributed by atoms with Crippen molar-refractivity contribution in [1.29, 1.82) is 0 Å². The molecule has 0 aromatic carbocycles. The van der Waals surface area contributed by atoms with Gasteiger partial charge in [-0.25, -0.2) is 5.43 Å². The third-order valence-electron chi connectivity index (χ3n) is 1.96. The van der Waals surface area contributed by atoms with Gasteiger partial charge in [0.25, 0.3) is 0 Å². The van der Waals surface area contributed by atoms with Gasteiger partial charge in [-0.05, 0) is 19.8 Å². The number of nitrogen functional groups attached to an aromatic ring is 1. The van der Waals surface area contributed by atoms with Crippen LogP contribution in [0.3, 0.4) is 0 Å². The van der Waals surface area contributed by atoms with Crippen LogP contribution in [-0.4, -0.2) is 21.2 Å². The van der Waals surface area contributed by atoms with E-state index in [2.05, 4.69) is 32.4 Å². The fourth-order valence-electron chi connectivity index (χ4n) is 1.21. The summed E-state index contributed by atoms with van der Waals surface area (Å²) in [6.07, 6.45) is 6.37. The summed E-state index contributed by atoms with van der Waals surface area (Å²) in [5, 5.41) is 4.01. The van der Waals surface area contributed by atoms with Gasteiger partial charge in [0.05, 0.1) is 0 Å². The summed E-state index contributed by atoms with van der Waals surface area (Å²) in [5.74, 6) is 1.17. The van der Waals surface area contributed by atoms with Gasteiger partial charge in [0, 0.05) is 6.21 Å². The van der Waals surface area contributed by atoms with Crippen LogP contribution < -0.4 is 11.2 Å². The number of nitrogens with two attached hydrogens (primary N) is 1. The normalized spacial score (nSPS) is 10.9. The number of hydrogen-bond donors (Lipinski definition) is 2. The summed E-state index contributed by atoms with van der Waals surface area (Å²) in [6, 6.07) is 0. The Morgan fingerprint density at radius 3 is 2.81 bits per heavy atom. The maximum Gasteiger partial charge on any atom is 0.248 e. The van der Waals surface area contributed by atoms with Crippen molar-refractivity contribution >= 4 is 18.1 Å². The number of hydrogen-bond acceptors (Lipinski definition) is 6. The Kier molecular flexibility index (Phi) is 5.18. The third-order valence-corrected chi connectivity index (χ3v) is 1.96. The lowest BCUT2D eigenvalue weighted by Gasteiger charge is -2.00. The molecule has 1 aromatic rings. The largest absolute Gasteiger partial charge is 0.368 e. The number of aromatic nitrogens is 3. The van der Waals surface area contributed by atoms with Crippen LogP contribution in [0.15, 0.2) is 5.10 Å². The van der Waals surface area contributed by atoms with Gasteiger partial charge in [0.2, 0.25) is 11.9 Å². The molecule has 0 aliphatic carbocycles. The highest BCUT2D eigenvalue weighted by atomic mass is 15.4. The van der Waals surface area contributed by atoms with E-state index in [1.54, 1.807) is 6.92 Å². The Morgan fingerprint density at radius 1 is 1.31 bits per heavy atom. The van der Waals surface area contributed by atoms with Gasteiger partial charge in [0.1, 0.15) is 5.82 Å². The van der Waals surface area contributed by atoms with E-state index in [0.29, 0.717) is 11.8 Å². The molecule has 6 heteroatoms. The Balaban J connectivity index is 2.36. The second kappa shape index (κ2) is 6.71. The fraction of sp³-hybridized carbons (Fsp3) is 0.600. The molecule has 0 bridgehead atoms. The molecule has 0 radical (unpaired) electrons. The summed E-state index contributed by atoms with van der Waals surface area (Å²) in [4.78, 5) is 11.8. The molecule has 0 unspecified atom stereocenters. The lowest BCUT2D eigenvalue weighted by Crippen LogP contribution is -2.04. The van der Waals surface area contributed by atoms with Gasteiger partial charge < -0.3 is 5.73 Å². The Hall–Kier alpha value is -1.72. The average Bonchev–Trinajstić information content (AvgIpc) is 2.22. The molecule has 0 amide bonds. The maximum absolute atomic E-state index is 5.48. The molecule has 0 atom stereocenters. The van der Waals surface area contributed by atoms with Crippen molar-refractivity contribution in [3.8, 4) is 0 Å². The van der Waals surface area contributed by atoms with Crippen molar-refractivity contribution in [2.45, 2.75) is 39.5 Å². The van der Waals surface area contributed by atoms with Crippen molar-refractivity contribution in [3.05, 3.63) is 5.82 Å². The van der Waals surface area contributed by atoms with Gasteiger partial charge in [0.15, 0.2) is 0 Å². The zero-order chi connectivity index (χ0) is 11.8. The molecule has 1 heterocycles. The molecule has 1 rings (SSSR count). The van der Waals surface area contributed by atoms with Gasteiger partial charge >= 0.3 is 0 Å². The lowest BCUT2D eigenvalue weighted by molar-refractivity contribution is 0.746. The highest BCUT2D eigenvalue weighted by molar-refractivity contribution is 5.58. The first-order valence-electron chi connectivity index (χ1n) is 5.48. The fourth-order valence-corrected chi connectivity index (χ4v) is 1.21. The molecule has 88 valence electrons. The molecular weight excluding hydrogens is 204 g/mol. The van der Waals surface area contributed by atoms with E-state index in [1.807, 2.05) is 6.21 Å². The zero-order valence-electron chi connectivity index (χ0n) is 9.77. The van der Waals surface area contributed by atoms with E-state index in [1.165, 1.54) is 12.8 Å². The van der Waals surface area contributed by atoms with E-state index in [4.69, 9.17) is 5.73 Å². The number of rotatable bonds is 6. The van der Waals surface area contributed by atoms with Crippen LogP contribution >= 0.6 is 0 Å². The van der Waals surface area contributed by atoms with Gasteiger partial charge in [-0.3, -0.25) is 0 Å². The van der Waals surface area contributed by atoms with Crippen molar-refractivity contribution in [1.82, 2.24) is 15.0 Å². The monoisotopic (exact) mass is 222 g/mol. The molecule has 0 saturated carbocycles. The zero-order valence-corrected chi connectivity index (χ0v) is 9.77. The topological polar surface area (TPSA) is 89.1 Å². The molecule has 0 aliphatic rings. The minimum Gasteiger partial charge on any atom is -0.368 e. The standard InChI is InChI=1S/C10H18N6/c1-3-4-5-6-7-12-16-10-14-8(2)13-9(11)15-10/h7H,3-6H2,1-2H3,(H3,11,13,14,15,16). The first-order valence-corrected chi connectivity index (χ1v) is 5.48. The second-order valence-corrected chi connectivity index (χ2v) is 3.48. The van der Waals surface area contributed by atoms with E-state index >= 15 is 0 Å². The first-order chi connectivity index (χ1) is 7.72. The molecular formula is C10H18N6. The molecule has 0 spiro atoms. The van der Waals surface area contributed by atoms with E-state index < -0.39 is 0 Å². The minimum atomic E-state index is 0.205. The Morgan fingerprint density at radius 2 is 2.12 bits per heavy atom. The lowest BCUT2D eigenvalue weighted by atomic mass is 10.2. The summed E-state index contributed by atoms with van der Waals surface area (Å²) in [7, 11) is 0. The number of nitrogens with one attached hydrogen (secondary N) is 1. The summed E-state index contributed by atoms with van der Waals surface area (Å²) in [5.41, 5.74) is 8.21. The predicted molar refractivity (Wildman–Crippen MR) is 65.2 cm³/mol. The van der Waals surface area contributed by atoms with Gasteiger partial charge in [-0.2, -0.15) is 20.1 Å². The van der Waals surface area contributed by atoms with Crippen LogP contribution in [0.4, 0.5) is 11.9 Å². The molecule has 0 fully saturated rings. The van der Waals surface area contributed by atoms with Crippen molar-refractivity contribution in [2.75, 3.05) is 11.2 Å². The van der Waals surface area contributed by atoms with Crippen LogP contribution in [0.5, 0.6) is 0 Å². The number of aryl methyl sites for hydroxylation is 1. The smallest absolute Gasteiger partial charge is 0.248 e. The predicted octanol–water partition coefficient (Wildman–Crippen LogP) is 1.74. The summed E-state index contributed by atoms with van der Waals surface area (Å²) in [6.45, 7) is 3.93. The van der Waals surface area contributed by atoms with Gasteiger partial charge in [-0.15, -0.1) is 0 Å². The summed E-state index contributed by atoms with van der Waals surface area (Å²) >= 11 is 0. The first kappa shape index (κ1) is 12.4. The average molecular weight is 222 g/mol. The van der Waals surface area contributed by atoms with Crippen molar-refractivity contribution in [3.63, 3.8) is 0 Å². The number of unbranched alkanes of at least 4 members (excludes halogenated alkanes) is 3. The van der Waals surface area contributed by atoms with Crippen LogP contribution in [0.25, 0.3) is 0 Å². The van der Waals surface area contributed by atoms with E-state index in [-0.39, 0.29) is 5.95 Å². The second-order valence-electron chi connectivity index (χ2n) is 3.48. The highest BCUT2D eigenvalue weighted by Gasteiger charge is 1.98. The molecule has 0 aliphatic heterocycles. The van der Waals surface area contributed by atoms with Crippen molar-refractivity contribution < 1.29 is 0 Å². The maximum atomic E-state index is 5.48. The van der Waals surface area contributed by atoms with Gasteiger partial charge in [-0.1, -0.05) is 19.8 Å². The van der Waals surface area contributed by atoms with E-state index in [9.17, 15) is 0 Å². The number of hydrazone groups is 1. The molecule has 16 heavy (non-hydrogen) atoms. The number of nitrogens with zero attached hydrogens (tertiary/aromatic N) is 4. The summed E-state index contributed by atoms with van der Waals surface area (Å²) < 4.78 is 0. The Bertz CT molecular complexity index is 329. The van der Waals surface area contributed by atoms with Crippen LogP contribution in [0.1, 0.15) is 38.4 Å².